The van der Waals surface area contributed by atoms with Crippen LogP contribution in [0.5, 0.6) is 0 Å². The summed E-state index contributed by atoms with van der Waals surface area (Å²) in [6.07, 6.45) is 2.11. The molecule has 1 aliphatic heterocycles. The molecule has 2 N–H and O–H groups in total. The van der Waals surface area contributed by atoms with E-state index in [4.69, 9.17) is 9.15 Å². The highest BCUT2D eigenvalue weighted by atomic mass is 32.2. The van der Waals surface area contributed by atoms with Gasteiger partial charge in [-0.2, -0.15) is 0 Å². The quantitative estimate of drug-likeness (QED) is 0.583. The number of carbonyl (C=O) groups excluding carboxylic acids is 1. The molecule has 2 heterocycles. The van der Waals surface area contributed by atoms with E-state index < -0.39 is 10.0 Å². The van der Waals surface area contributed by atoms with Gasteiger partial charge in [-0.1, -0.05) is 11.8 Å². The lowest BCUT2D eigenvalue weighted by atomic mass is 10.2. The maximum absolute atomic E-state index is 11.9. The first-order valence-electron chi connectivity index (χ1n) is 8.90. The highest BCUT2D eigenvalue weighted by molar-refractivity contribution is 7.99. The van der Waals surface area contributed by atoms with Gasteiger partial charge in [-0.15, -0.1) is 10.2 Å². The molecule has 1 unspecified atom stereocenters. The molecule has 0 spiro atoms. The van der Waals surface area contributed by atoms with Gasteiger partial charge >= 0.3 is 0 Å². The summed E-state index contributed by atoms with van der Waals surface area (Å²) in [4.78, 5) is 11.9. The fraction of sp³-hybridized carbons (Fsp3) is 0.471. The van der Waals surface area contributed by atoms with Crippen molar-refractivity contribution in [3.05, 3.63) is 24.3 Å². The van der Waals surface area contributed by atoms with Gasteiger partial charge in [-0.3, -0.25) is 9.52 Å². The van der Waals surface area contributed by atoms with Gasteiger partial charge in [0.25, 0.3) is 5.22 Å². The number of thioether (sulfide) groups is 1. The summed E-state index contributed by atoms with van der Waals surface area (Å²) in [6.45, 7) is 2.84. The largest absolute Gasteiger partial charge is 0.411 e. The molecule has 1 aromatic heterocycles. The molecule has 3 rings (SSSR count). The minimum absolute atomic E-state index is 0.000250. The summed E-state index contributed by atoms with van der Waals surface area (Å²) in [6, 6.07) is 6.61. The zero-order chi connectivity index (χ0) is 20.0. The Labute approximate surface area is 167 Å². The number of nitrogens with one attached hydrogen (secondary N) is 2. The second-order valence-electron chi connectivity index (χ2n) is 6.18. The van der Waals surface area contributed by atoms with E-state index in [1.165, 1.54) is 0 Å². The number of carbonyl (C=O) groups is 1. The summed E-state index contributed by atoms with van der Waals surface area (Å²) in [5, 5.41) is 11.0. The molecule has 28 heavy (non-hydrogen) atoms. The van der Waals surface area contributed by atoms with Crippen molar-refractivity contribution in [1.82, 2.24) is 15.5 Å². The van der Waals surface area contributed by atoms with Crippen LogP contribution in [0.2, 0.25) is 0 Å². The Morgan fingerprint density at radius 3 is 2.75 bits per heavy atom. The van der Waals surface area contributed by atoms with Crippen molar-refractivity contribution in [3.63, 3.8) is 0 Å². The van der Waals surface area contributed by atoms with Crippen molar-refractivity contribution >= 4 is 33.4 Å². The molecule has 9 nitrogen and oxygen atoms in total. The molecule has 1 saturated heterocycles. The molecule has 0 saturated carbocycles. The van der Waals surface area contributed by atoms with Crippen molar-refractivity contribution in [2.45, 2.75) is 31.1 Å². The number of anilines is 1. The standard InChI is InChI=1S/C17H22N4O5S2/c1-2-28(23,24)21-13-7-5-12(6-8-13)16-19-20-17(26-16)27-11-15(22)18-10-14-4-3-9-25-14/h5-8,14,21H,2-4,9-11H2,1H3,(H,18,22). The maximum atomic E-state index is 11.9. The van der Waals surface area contributed by atoms with E-state index in [0.717, 1.165) is 31.2 Å². The lowest BCUT2D eigenvalue weighted by Gasteiger charge is -2.09. The first-order chi connectivity index (χ1) is 13.4. The first kappa shape index (κ1) is 20.6. The van der Waals surface area contributed by atoms with Gasteiger partial charge in [0.1, 0.15) is 0 Å². The van der Waals surface area contributed by atoms with E-state index >= 15 is 0 Å². The van der Waals surface area contributed by atoms with Crippen molar-refractivity contribution in [1.29, 1.82) is 0 Å². The Bertz CT molecular complexity index is 893. The normalized spacial score (nSPS) is 16.8. The number of rotatable bonds is 9. The number of hydrogen-bond acceptors (Lipinski definition) is 8. The van der Waals surface area contributed by atoms with Crippen LogP contribution in [-0.2, 0) is 19.6 Å². The number of ether oxygens (including phenoxy) is 1. The monoisotopic (exact) mass is 426 g/mol. The van der Waals surface area contributed by atoms with E-state index in [-0.39, 0.29) is 28.7 Å². The van der Waals surface area contributed by atoms with Gasteiger partial charge in [-0.25, -0.2) is 8.42 Å². The zero-order valence-corrected chi connectivity index (χ0v) is 17.0. The fourth-order valence-corrected chi connectivity index (χ4v) is 3.76. The molecule has 0 radical (unpaired) electrons. The second-order valence-corrected chi connectivity index (χ2v) is 9.12. The molecule has 11 heteroatoms. The molecular weight excluding hydrogens is 404 g/mol. The van der Waals surface area contributed by atoms with Crippen LogP contribution in [0.1, 0.15) is 19.8 Å². The molecule has 1 aromatic carbocycles. The predicted octanol–water partition coefficient (Wildman–Crippen LogP) is 1.89. The molecule has 1 amide bonds. The smallest absolute Gasteiger partial charge is 0.277 e. The minimum atomic E-state index is -3.32. The third kappa shape index (κ3) is 5.94. The van der Waals surface area contributed by atoms with Crippen LogP contribution in [-0.4, -0.2) is 55.3 Å². The Kier molecular flexibility index (Phi) is 6.92. The van der Waals surface area contributed by atoms with Crippen LogP contribution in [0.15, 0.2) is 33.9 Å². The number of amides is 1. The van der Waals surface area contributed by atoms with Crippen molar-refractivity contribution in [3.8, 4) is 11.5 Å². The number of sulfonamides is 1. The lowest BCUT2D eigenvalue weighted by molar-refractivity contribution is -0.119. The van der Waals surface area contributed by atoms with Crippen molar-refractivity contribution in [2.24, 2.45) is 0 Å². The summed E-state index contributed by atoms with van der Waals surface area (Å²) >= 11 is 1.16. The molecule has 1 aliphatic rings. The summed E-state index contributed by atoms with van der Waals surface area (Å²) in [5.41, 5.74) is 1.12. The first-order valence-corrected chi connectivity index (χ1v) is 11.5. The SMILES string of the molecule is CCS(=O)(=O)Nc1ccc(-c2nnc(SCC(=O)NCC3CCCO3)o2)cc1. The van der Waals surface area contributed by atoms with Crippen molar-refractivity contribution in [2.75, 3.05) is 29.4 Å². The molecule has 0 bridgehead atoms. The summed E-state index contributed by atoms with van der Waals surface area (Å²) in [5.74, 6) is 0.353. The molecule has 0 aliphatic carbocycles. The van der Waals surface area contributed by atoms with Gasteiger partial charge in [-0.05, 0) is 44.0 Å². The topological polar surface area (TPSA) is 123 Å². The van der Waals surface area contributed by atoms with Crippen molar-refractivity contribution < 1.29 is 22.4 Å². The van der Waals surface area contributed by atoms with E-state index in [1.54, 1.807) is 31.2 Å². The highest BCUT2D eigenvalue weighted by Gasteiger charge is 2.17. The third-order valence-electron chi connectivity index (χ3n) is 4.07. The minimum Gasteiger partial charge on any atom is -0.411 e. The van der Waals surface area contributed by atoms with Gasteiger partial charge < -0.3 is 14.5 Å². The lowest BCUT2D eigenvalue weighted by Crippen LogP contribution is -2.32. The van der Waals surface area contributed by atoms with E-state index in [1.807, 2.05) is 0 Å². The Balaban J connectivity index is 1.50. The van der Waals surface area contributed by atoms with Crippen LogP contribution in [0, 0.1) is 0 Å². The van der Waals surface area contributed by atoms with Crippen LogP contribution >= 0.6 is 11.8 Å². The Morgan fingerprint density at radius 2 is 2.07 bits per heavy atom. The van der Waals surface area contributed by atoms with Crippen LogP contribution in [0.3, 0.4) is 0 Å². The highest BCUT2D eigenvalue weighted by Crippen LogP contribution is 2.24. The molecular formula is C17H22N4O5S2. The second kappa shape index (κ2) is 9.39. The summed E-state index contributed by atoms with van der Waals surface area (Å²) < 4.78 is 36.6. The molecule has 1 atom stereocenters. The third-order valence-corrected chi connectivity index (χ3v) is 6.19. The van der Waals surface area contributed by atoms with Gasteiger partial charge in [0, 0.05) is 24.4 Å². The van der Waals surface area contributed by atoms with Gasteiger partial charge in [0.15, 0.2) is 0 Å². The number of aromatic nitrogens is 2. The van der Waals surface area contributed by atoms with E-state index in [9.17, 15) is 13.2 Å². The number of hydrogen-bond donors (Lipinski definition) is 2. The molecule has 2 aromatic rings. The average molecular weight is 427 g/mol. The Hall–Kier alpha value is -2.11. The zero-order valence-electron chi connectivity index (χ0n) is 15.4. The van der Waals surface area contributed by atoms with Gasteiger partial charge in [0.05, 0.1) is 17.6 Å². The predicted molar refractivity (Wildman–Crippen MR) is 106 cm³/mol. The molecule has 1 fully saturated rings. The van der Waals surface area contributed by atoms with Crippen LogP contribution < -0.4 is 10.0 Å². The van der Waals surface area contributed by atoms with Crippen LogP contribution in [0.25, 0.3) is 11.5 Å². The molecule has 152 valence electrons. The summed E-state index contributed by atoms with van der Waals surface area (Å²) in [7, 11) is -3.32. The van der Waals surface area contributed by atoms with Crippen LogP contribution in [0.4, 0.5) is 5.69 Å². The fourth-order valence-electron chi connectivity index (χ4n) is 2.53. The maximum Gasteiger partial charge on any atom is 0.277 e. The Morgan fingerprint density at radius 1 is 1.29 bits per heavy atom. The van der Waals surface area contributed by atoms with E-state index in [0.29, 0.717) is 23.7 Å². The van der Waals surface area contributed by atoms with Gasteiger partial charge in [0.2, 0.25) is 21.8 Å². The van der Waals surface area contributed by atoms with E-state index in [2.05, 4.69) is 20.2 Å². The number of benzene rings is 1. The number of nitrogens with zero attached hydrogens (tertiary/aromatic N) is 2. The average Bonchev–Trinajstić information content (AvgIpc) is 3.37.